The fraction of sp³-hybridized carbons (Fsp3) is 0.400. The molecule has 1 heterocycles. The van der Waals surface area contributed by atoms with E-state index in [9.17, 15) is 9.18 Å². The van der Waals surface area contributed by atoms with Gasteiger partial charge in [-0.15, -0.1) is 0 Å². The summed E-state index contributed by atoms with van der Waals surface area (Å²) < 4.78 is 13.1. The minimum absolute atomic E-state index is 0.0322. The zero-order chi connectivity index (χ0) is 14.1. The van der Waals surface area contributed by atoms with Gasteiger partial charge in [0.05, 0.1) is 5.02 Å². The number of rotatable bonds is 2. The smallest absolute Gasteiger partial charge is 0.189 e. The molecule has 2 N–H and O–H groups in total. The Labute approximate surface area is 122 Å². The van der Waals surface area contributed by atoms with Crippen LogP contribution in [0, 0.1) is 5.82 Å². The first-order chi connectivity index (χ1) is 9.63. The van der Waals surface area contributed by atoms with Crippen molar-refractivity contribution in [2.75, 3.05) is 0 Å². The van der Waals surface area contributed by atoms with E-state index in [0.717, 1.165) is 18.7 Å². The Morgan fingerprint density at radius 3 is 2.50 bits per heavy atom. The van der Waals surface area contributed by atoms with Gasteiger partial charge in [0, 0.05) is 23.7 Å². The minimum atomic E-state index is -0.515. The number of benzene rings is 1. The molecule has 2 fully saturated rings. The summed E-state index contributed by atoms with van der Waals surface area (Å²) in [7, 11) is 0. The molecule has 20 heavy (non-hydrogen) atoms. The van der Waals surface area contributed by atoms with E-state index < -0.39 is 5.82 Å². The fourth-order valence-corrected chi connectivity index (χ4v) is 3.05. The van der Waals surface area contributed by atoms with Crippen molar-refractivity contribution in [1.29, 1.82) is 0 Å². The molecule has 0 bridgehead atoms. The second-order valence-electron chi connectivity index (χ2n) is 5.34. The largest absolute Gasteiger partial charge is 0.367 e. The molecule has 1 saturated heterocycles. The van der Waals surface area contributed by atoms with Gasteiger partial charge >= 0.3 is 0 Å². The molecule has 5 heteroatoms. The van der Waals surface area contributed by atoms with Gasteiger partial charge in [-0.2, -0.15) is 0 Å². The first-order valence-electron chi connectivity index (χ1n) is 6.87. The summed E-state index contributed by atoms with van der Waals surface area (Å²) >= 11 is 5.69. The Morgan fingerprint density at radius 1 is 1.25 bits per heavy atom. The van der Waals surface area contributed by atoms with Gasteiger partial charge in [-0.25, -0.2) is 4.39 Å². The predicted molar refractivity (Wildman–Crippen MR) is 76.1 cm³/mol. The SMILES string of the molecule is O=C(C=C1N[C@H]2CCCC[C@H]2N1)c1ccc(F)c(Cl)c1. The lowest BCUT2D eigenvalue weighted by Gasteiger charge is -2.23. The number of allylic oxidation sites excluding steroid dienone is 1. The number of carbonyl (C=O) groups is 1. The first kappa shape index (κ1) is 13.4. The summed E-state index contributed by atoms with van der Waals surface area (Å²) in [4.78, 5) is 12.1. The van der Waals surface area contributed by atoms with Gasteiger partial charge in [0.15, 0.2) is 5.78 Å². The van der Waals surface area contributed by atoms with Crippen molar-refractivity contribution in [3.05, 3.63) is 46.5 Å². The predicted octanol–water partition coefficient (Wildman–Crippen LogP) is 3.01. The summed E-state index contributed by atoms with van der Waals surface area (Å²) in [6.45, 7) is 0. The number of halogens is 2. The third-order valence-corrected chi connectivity index (χ3v) is 4.22. The highest BCUT2D eigenvalue weighted by molar-refractivity contribution is 6.31. The molecule has 0 unspecified atom stereocenters. The topological polar surface area (TPSA) is 41.1 Å². The van der Waals surface area contributed by atoms with Crippen LogP contribution in [0.4, 0.5) is 4.39 Å². The van der Waals surface area contributed by atoms with Crippen LogP contribution in [-0.2, 0) is 0 Å². The van der Waals surface area contributed by atoms with E-state index >= 15 is 0 Å². The zero-order valence-electron chi connectivity index (χ0n) is 11.0. The monoisotopic (exact) mass is 294 g/mol. The van der Waals surface area contributed by atoms with E-state index in [-0.39, 0.29) is 10.8 Å². The maximum absolute atomic E-state index is 13.1. The van der Waals surface area contributed by atoms with Crippen LogP contribution in [0.5, 0.6) is 0 Å². The Morgan fingerprint density at radius 2 is 1.90 bits per heavy atom. The maximum atomic E-state index is 13.1. The van der Waals surface area contributed by atoms with E-state index in [1.54, 1.807) is 0 Å². The van der Waals surface area contributed by atoms with Crippen molar-refractivity contribution >= 4 is 17.4 Å². The first-order valence-corrected chi connectivity index (χ1v) is 7.25. The minimum Gasteiger partial charge on any atom is -0.367 e. The number of fused-ring (bicyclic) bond motifs is 1. The number of ketones is 1. The number of hydrogen-bond donors (Lipinski definition) is 2. The Bertz CT molecular complexity index is 557. The van der Waals surface area contributed by atoms with E-state index in [1.165, 1.54) is 37.1 Å². The van der Waals surface area contributed by atoms with Crippen LogP contribution in [-0.4, -0.2) is 17.9 Å². The molecule has 0 amide bonds. The average molecular weight is 295 g/mol. The molecule has 3 rings (SSSR count). The zero-order valence-corrected chi connectivity index (χ0v) is 11.7. The summed E-state index contributed by atoms with van der Waals surface area (Å²) in [5.41, 5.74) is 0.391. The van der Waals surface area contributed by atoms with Gasteiger partial charge in [-0.05, 0) is 31.0 Å². The van der Waals surface area contributed by atoms with Gasteiger partial charge in [0.25, 0.3) is 0 Å². The van der Waals surface area contributed by atoms with Crippen molar-refractivity contribution in [3.8, 4) is 0 Å². The fourth-order valence-electron chi connectivity index (χ4n) is 2.86. The lowest BCUT2D eigenvalue weighted by Crippen LogP contribution is -2.36. The number of hydrogen-bond acceptors (Lipinski definition) is 3. The molecule has 1 aromatic carbocycles. The Hall–Kier alpha value is -1.55. The summed E-state index contributed by atoms with van der Waals surface area (Å²) in [5.74, 6) is 0.0619. The van der Waals surface area contributed by atoms with E-state index in [1.807, 2.05) is 0 Å². The highest BCUT2D eigenvalue weighted by Crippen LogP contribution is 2.24. The van der Waals surface area contributed by atoms with Crippen LogP contribution >= 0.6 is 11.6 Å². The Kier molecular flexibility index (Phi) is 3.66. The van der Waals surface area contributed by atoms with E-state index in [0.29, 0.717) is 17.6 Å². The van der Waals surface area contributed by atoms with Crippen molar-refractivity contribution in [3.63, 3.8) is 0 Å². The molecule has 106 valence electrons. The van der Waals surface area contributed by atoms with Crippen LogP contribution in [0.2, 0.25) is 5.02 Å². The second kappa shape index (κ2) is 5.44. The molecule has 0 spiro atoms. The van der Waals surface area contributed by atoms with Crippen LogP contribution in [0.3, 0.4) is 0 Å². The van der Waals surface area contributed by atoms with Gasteiger partial charge in [0.2, 0.25) is 0 Å². The van der Waals surface area contributed by atoms with Gasteiger partial charge in [0.1, 0.15) is 11.6 Å². The van der Waals surface area contributed by atoms with E-state index in [4.69, 9.17) is 11.6 Å². The number of nitrogens with one attached hydrogen (secondary N) is 2. The van der Waals surface area contributed by atoms with Crippen LogP contribution in [0.15, 0.2) is 30.1 Å². The van der Waals surface area contributed by atoms with Gasteiger partial charge < -0.3 is 10.6 Å². The number of carbonyl (C=O) groups excluding carboxylic acids is 1. The van der Waals surface area contributed by atoms with Crippen molar-refractivity contribution in [1.82, 2.24) is 10.6 Å². The molecular weight excluding hydrogens is 279 g/mol. The molecule has 1 saturated carbocycles. The van der Waals surface area contributed by atoms with Crippen LogP contribution in [0.1, 0.15) is 36.0 Å². The molecule has 1 aliphatic heterocycles. The normalized spacial score (nSPS) is 26.8. The van der Waals surface area contributed by atoms with Gasteiger partial charge in [-0.3, -0.25) is 4.79 Å². The molecule has 2 aliphatic rings. The quantitative estimate of drug-likeness (QED) is 0.651. The molecule has 1 aliphatic carbocycles. The Balaban J connectivity index is 1.75. The summed E-state index contributed by atoms with van der Waals surface area (Å²) in [6, 6.07) is 4.85. The average Bonchev–Trinajstić information content (AvgIpc) is 2.83. The summed E-state index contributed by atoms with van der Waals surface area (Å²) in [5, 5.41) is 6.65. The lowest BCUT2D eigenvalue weighted by atomic mass is 9.92. The molecule has 2 atom stereocenters. The third kappa shape index (κ3) is 2.66. The van der Waals surface area contributed by atoms with Crippen molar-refractivity contribution in [2.45, 2.75) is 37.8 Å². The summed E-state index contributed by atoms with van der Waals surface area (Å²) in [6.07, 6.45) is 6.24. The van der Waals surface area contributed by atoms with Crippen LogP contribution < -0.4 is 10.6 Å². The molecule has 3 nitrogen and oxygen atoms in total. The van der Waals surface area contributed by atoms with Crippen LogP contribution in [0.25, 0.3) is 0 Å². The van der Waals surface area contributed by atoms with Gasteiger partial charge in [-0.1, -0.05) is 24.4 Å². The highest BCUT2D eigenvalue weighted by Gasteiger charge is 2.31. The third-order valence-electron chi connectivity index (χ3n) is 3.93. The molecule has 1 aromatic rings. The maximum Gasteiger partial charge on any atom is 0.189 e. The van der Waals surface area contributed by atoms with Crippen molar-refractivity contribution in [2.24, 2.45) is 0 Å². The second-order valence-corrected chi connectivity index (χ2v) is 5.74. The van der Waals surface area contributed by atoms with Crippen molar-refractivity contribution < 1.29 is 9.18 Å². The molecular formula is C15H16ClFN2O. The standard InChI is InChI=1S/C15H16ClFN2O/c16-10-7-9(5-6-11(10)17)14(20)8-15-18-12-3-1-2-4-13(12)19-15/h5-8,12-13,18-19H,1-4H2/t12-,13+. The molecule has 0 radical (unpaired) electrons. The van der Waals surface area contributed by atoms with E-state index in [2.05, 4.69) is 10.6 Å². The highest BCUT2D eigenvalue weighted by atomic mass is 35.5. The molecule has 0 aromatic heterocycles. The lowest BCUT2D eigenvalue weighted by molar-refractivity contribution is 0.104.